The van der Waals surface area contributed by atoms with Gasteiger partial charge in [0.05, 0.1) is 0 Å². The van der Waals surface area contributed by atoms with Crippen molar-refractivity contribution in [2.75, 3.05) is 23.7 Å². The lowest BCUT2D eigenvalue weighted by Gasteiger charge is -2.14. The fourth-order valence-electron chi connectivity index (χ4n) is 2.62. The van der Waals surface area contributed by atoms with Gasteiger partial charge in [-0.15, -0.1) is 0 Å². The van der Waals surface area contributed by atoms with Gasteiger partial charge >= 0.3 is 0 Å². The first-order valence-electron chi connectivity index (χ1n) is 8.22. The number of nitrogens with zero attached hydrogens (tertiary/aromatic N) is 1. The van der Waals surface area contributed by atoms with Crippen LogP contribution in [0.3, 0.4) is 0 Å². The van der Waals surface area contributed by atoms with E-state index in [1.165, 1.54) is 24.3 Å². The second kappa shape index (κ2) is 7.55. The van der Waals surface area contributed by atoms with Crippen LogP contribution in [0.25, 0.3) is 11.1 Å². The van der Waals surface area contributed by atoms with E-state index in [9.17, 15) is 21.6 Å². The molecule has 0 saturated heterocycles. The molecule has 0 heterocycles. The number of anilines is 2. The van der Waals surface area contributed by atoms with Crippen LogP contribution in [0, 0.1) is 17.5 Å². The van der Waals surface area contributed by atoms with Crippen LogP contribution in [-0.2, 0) is 10.0 Å². The van der Waals surface area contributed by atoms with E-state index in [1.54, 1.807) is 12.1 Å². The van der Waals surface area contributed by atoms with Crippen molar-refractivity contribution in [3.05, 3.63) is 78.1 Å². The Morgan fingerprint density at radius 1 is 0.821 bits per heavy atom. The average Bonchev–Trinajstić information content (AvgIpc) is 2.62. The van der Waals surface area contributed by atoms with Crippen LogP contribution < -0.4 is 9.62 Å². The van der Waals surface area contributed by atoms with Crippen molar-refractivity contribution in [2.45, 2.75) is 4.90 Å². The summed E-state index contributed by atoms with van der Waals surface area (Å²) in [5.74, 6) is -2.69. The second-order valence-corrected chi connectivity index (χ2v) is 7.97. The van der Waals surface area contributed by atoms with Gasteiger partial charge in [0.15, 0.2) is 0 Å². The van der Waals surface area contributed by atoms with Gasteiger partial charge in [0.1, 0.15) is 22.3 Å². The van der Waals surface area contributed by atoms with E-state index in [0.717, 1.165) is 23.9 Å². The molecule has 0 radical (unpaired) electrons. The molecule has 28 heavy (non-hydrogen) atoms. The number of rotatable bonds is 5. The predicted octanol–water partition coefficient (Wildman–Crippen LogP) is 4.64. The summed E-state index contributed by atoms with van der Waals surface area (Å²) >= 11 is 0. The maximum Gasteiger partial charge on any atom is 0.264 e. The lowest BCUT2D eigenvalue weighted by atomic mass is 10.1. The first kappa shape index (κ1) is 19.8. The van der Waals surface area contributed by atoms with Gasteiger partial charge in [-0.2, -0.15) is 0 Å². The molecular weight excluding hydrogens is 389 g/mol. The summed E-state index contributed by atoms with van der Waals surface area (Å²) in [6.07, 6.45) is 0. The van der Waals surface area contributed by atoms with Gasteiger partial charge in [0, 0.05) is 37.1 Å². The topological polar surface area (TPSA) is 49.4 Å². The summed E-state index contributed by atoms with van der Waals surface area (Å²) in [5, 5.41) is 0. The largest absolute Gasteiger partial charge is 0.378 e. The van der Waals surface area contributed by atoms with Gasteiger partial charge in [0.2, 0.25) is 0 Å². The molecule has 0 unspecified atom stereocenters. The molecule has 0 fully saturated rings. The van der Waals surface area contributed by atoms with Gasteiger partial charge in [-0.05, 0) is 48.0 Å². The van der Waals surface area contributed by atoms with Crippen LogP contribution in [0.1, 0.15) is 0 Å². The fraction of sp³-hybridized carbons (Fsp3) is 0.100. The van der Waals surface area contributed by atoms with Crippen LogP contribution in [0.5, 0.6) is 0 Å². The molecule has 0 spiro atoms. The van der Waals surface area contributed by atoms with E-state index in [1.807, 2.05) is 19.0 Å². The number of nitrogens with one attached hydrogen (secondary N) is 1. The average molecular weight is 406 g/mol. The Bertz CT molecular complexity index is 1100. The standard InChI is InChI=1S/C20H17F3N2O2S/c1-25(2)16-9-7-15(8-10-16)24-28(26,27)20-11-17(18(22)12-19(20)23)13-3-5-14(21)6-4-13/h3-12,24H,1-2H3. The summed E-state index contributed by atoms with van der Waals surface area (Å²) in [5.41, 5.74) is 1.17. The third kappa shape index (κ3) is 4.12. The molecule has 0 bridgehead atoms. The smallest absolute Gasteiger partial charge is 0.264 e. The first-order chi connectivity index (χ1) is 13.2. The molecule has 0 aromatic heterocycles. The molecule has 0 atom stereocenters. The fourth-order valence-corrected chi connectivity index (χ4v) is 3.77. The number of halogens is 3. The Balaban J connectivity index is 1.99. The molecule has 1 N–H and O–H groups in total. The minimum atomic E-state index is -4.31. The highest BCUT2D eigenvalue weighted by Crippen LogP contribution is 2.29. The maximum atomic E-state index is 14.3. The minimum Gasteiger partial charge on any atom is -0.378 e. The van der Waals surface area contributed by atoms with E-state index >= 15 is 0 Å². The summed E-state index contributed by atoms with van der Waals surface area (Å²) in [6.45, 7) is 0. The highest BCUT2D eigenvalue weighted by molar-refractivity contribution is 7.92. The SMILES string of the molecule is CN(C)c1ccc(NS(=O)(=O)c2cc(-c3ccc(F)cc3)c(F)cc2F)cc1. The molecule has 0 aliphatic carbocycles. The Morgan fingerprint density at radius 2 is 1.43 bits per heavy atom. The maximum absolute atomic E-state index is 14.3. The highest BCUT2D eigenvalue weighted by Gasteiger charge is 2.23. The molecule has 3 aromatic carbocycles. The monoisotopic (exact) mass is 406 g/mol. The van der Waals surface area contributed by atoms with E-state index in [2.05, 4.69) is 4.72 Å². The summed E-state index contributed by atoms with van der Waals surface area (Å²) in [4.78, 5) is 1.14. The van der Waals surface area contributed by atoms with Crippen molar-refractivity contribution in [1.82, 2.24) is 0 Å². The van der Waals surface area contributed by atoms with Crippen molar-refractivity contribution >= 4 is 21.4 Å². The molecule has 0 aliphatic rings. The third-order valence-corrected chi connectivity index (χ3v) is 5.50. The quantitative estimate of drug-likeness (QED) is 0.672. The van der Waals surface area contributed by atoms with Crippen molar-refractivity contribution in [1.29, 1.82) is 0 Å². The predicted molar refractivity (Wildman–Crippen MR) is 103 cm³/mol. The molecular formula is C20H17F3N2O2S. The first-order valence-corrected chi connectivity index (χ1v) is 9.71. The van der Waals surface area contributed by atoms with Crippen LogP contribution in [0.15, 0.2) is 65.6 Å². The van der Waals surface area contributed by atoms with Crippen molar-refractivity contribution in [3.8, 4) is 11.1 Å². The van der Waals surface area contributed by atoms with Crippen LogP contribution in [0.2, 0.25) is 0 Å². The lowest BCUT2D eigenvalue weighted by molar-refractivity contribution is 0.552. The summed E-state index contributed by atoms with van der Waals surface area (Å²) in [6, 6.07) is 12.7. The molecule has 3 aromatic rings. The van der Waals surface area contributed by atoms with E-state index in [4.69, 9.17) is 0 Å². The number of hydrogen-bond donors (Lipinski definition) is 1. The van der Waals surface area contributed by atoms with Crippen molar-refractivity contribution in [3.63, 3.8) is 0 Å². The number of benzene rings is 3. The molecule has 146 valence electrons. The van der Waals surface area contributed by atoms with Crippen LogP contribution in [0.4, 0.5) is 24.5 Å². The van der Waals surface area contributed by atoms with Gasteiger partial charge in [-0.1, -0.05) is 12.1 Å². The summed E-state index contributed by atoms with van der Waals surface area (Å²) < 4.78 is 69.1. The Labute approximate surface area is 161 Å². The van der Waals surface area contributed by atoms with Gasteiger partial charge in [0.25, 0.3) is 10.0 Å². The Hall–Kier alpha value is -3.00. The zero-order valence-corrected chi connectivity index (χ0v) is 15.9. The molecule has 0 amide bonds. The zero-order chi connectivity index (χ0) is 20.5. The zero-order valence-electron chi connectivity index (χ0n) is 15.1. The van der Waals surface area contributed by atoms with E-state index in [0.29, 0.717) is 6.07 Å². The second-order valence-electron chi connectivity index (χ2n) is 6.32. The molecule has 0 aliphatic heterocycles. The summed E-state index contributed by atoms with van der Waals surface area (Å²) in [7, 11) is -0.637. The molecule has 4 nitrogen and oxygen atoms in total. The highest BCUT2D eigenvalue weighted by atomic mass is 32.2. The van der Waals surface area contributed by atoms with E-state index in [-0.39, 0.29) is 16.8 Å². The Morgan fingerprint density at radius 3 is 2.00 bits per heavy atom. The van der Waals surface area contributed by atoms with Crippen LogP contribution >= 0.6 is 0 Å². The van der Waals surface area contributed by atoms with E-state index < -0.39 is 32.4 Å². The lowest BCUT2D eigenvalue weighted by Crippen LogP contribution is -2.15. The normalized spacial score (nSPS) is 11.3. The number of hydrogen-bond acceptors (Lipinski definition) is 3. The van der Waals surface area contributed by atoms with Gasteiger partial charge in [-0.3, -0.25) is 4.72 Å². The molecule has 3 rings (SSSR count). The van der Waals surface area contributed by atoms with Crippen molar-refractivity contribution < 1.29 is 21.6 Å². The van der Waals surface area contributed by atoms with Gasteiger partial charge < -0.3 is 4.90 Å². The molecule has 0 saturated carbocycles. The Kier molecular flexibility index (Phi) is 5.33. The van der Waals surface area contributed by atoms with Crippen molar-refractivity contribution in [2.24, 2.45) is 0 Å². The minimum absolute atomic E-state index is 0.148. The van der Waals surface area contributed by atoms with Gasteiger partial charge in [-0.25, -0.2) is 21.6 Å². The third-order valence-electron chi connectivity index (χ3n) is 4.10. The van der Waals surface area contributed by atoms with Crippen LogP contribution in [-0.4, -0.2) is 22.5 Å². The number of sulfonamides is 1. The molecule has 8 heteroatoms.